The second-order valence-electron chi connectivity index (χ2n) is 8.66. The highest BCUT2D eigenvalue weighted by molar-refractivity contribution is 6.24. The van der Waals surface area contributed by atoms with Crippen LogP contribution in [0.3, 0.4) is 0 Å². The molecule has 12 heteroatoms. The van der Waals surface area contributed by atoms with E-state index in [-0.39, 0.29) is 36.3 Å². The summed E-state index contributed by atoms with van der Waals surface area (Å²) in [5.74, 6) is -3.08. The monoisotopic (exact) mass is 502 g/mol. The summed E-state index contributed by atoms with van der Waals surface area (Å²) in [5.41, 5.74) is 5.04. The Bertz CT molecular complexity index is 1060. The van der Waals surface area contributed by atoms with Crippen LogP contribution >= 0.6 is 0 Å². The lowest BCUT2D eigenvalue weighted by molar-refractivity contribution is -0.136. The van der Waals surface area contributed by atoms with Gasteiger partial charge in [-0.05, 0) is 25.0 Å². The quantitative estimate of drug-likeness (QED) is 0.280. The Hall–Kier alpha value is -3.96. The molecule has 0 aliphatic carbocycles. The van der Waals surface area contributed by atoms with Gasteiger partial charge in [0.05, 0.1) is 17.2 Å². The molecule has 2 unspecified atom stereocenters. The van der Waals surface area contributed by atoms with E-state index in [0.717, 1.165) is 30.6 Å². The number of rotatable bonds is 12. The Labute approximate surface area is 207 Å². The van der Waals surface area contributed by atoms with Crippen molar-refractivity contribution < 1.29 is 38.2 Å². The van der Waals surface area contributed by atoms with Crippen molar-refractivity contribution in [3.05, 3.63) is 29.3 Å². The average Bonchev–Trinajstić information content (AvgIpc) is 3.09. The van der Waals surface area contributed by atoms with Crippen molar-refractivity contribution in [1.29, 1.82) is 0 Å². The van der Waals surface area contributed by atoms with Gasteiger partial charge in [0.15, 0.2) is 6.61 Å². The zero-order chi connectivity index (χ0) is 26.2. The molecule has 3 rings (SSSR count). The maximum absolute atomic E-state index is 13.1. The summed E-state index contributed by atoms with van der Waals surface area (Å²) in [6, 6.07) is 2.82. The summed E-state index contributed by atoms with van der Waals surface area (Å²) in [4.78, 5) is 74.0. The van der Waals surface area contributed by atoms with Crippen LogP contribution < -0.4 is 21.1 Å². The molecule has 2 aliphatic rings. The van der Waals surface area contributed by atoms with Crippen molar-refractivity contribution in [2.45, 2.75) is 64.0 Å². The molecule has 0 radical (unpaired) electrons. The number of nitrogens with one attached hydrogen (secondary N) is 2. The first kappa shape index (κ1) is 26.6. The number of piperidine rings is 1. The summed E-state index contributed by atoms with van der Waals surface area (Å²) in [7, 11) is 0. The van der Waals surface area contributed by atoms with Gasteiger partial charge >= 0.3 is 6.09 Å². The van der Waals surface area contributed by atoms with E-state index >= 15 is 0 Å². The molecule has 1 saturated heterocycles. The molecule has 1 aromatic rings. The van der Waals surface area contributed by atoms with E-state index in [0.29, 0.717) is 6.42 Å². The van der Waals surface area contributed by atoms with Crippen LogP contribution in [0.1, 0.15) is 72.6 Å². The molecule has 1 fully saturated rings. The highest BCUT2D eigenvalue weighted by Crippen LogP contribution is 2.33. The van der Waals surface area contributed by atoms with Gasteiger partial charge in [-0.3, -0.25) is 34.2 Å². The maximum atomic E-state index is 13.1. The molecular formula is C24H30N4O8. The van der Waals surface area contributed by atoms with Crippen molar-refractivity contribution in [2.75, 3.05) is 13.2 Å². The minimum Gasteiger partial charge on any atom is -0.483 e. The number of unbranched alkanes of at least 4 members (excludes halogenated alkanes) is 3. The number of primary amides is 1. The Morgan fingerprint density at radius 1 is 1.17 bits per heavy atom. The van der Waals surface area contributed by atoms with Gasteiger partial charge in [0.1, 0.15) is 18.4 Å². The molecule has 0 bridgehead atoms. The Morgan fingerprint density at radius 2 is 1.94 bits per heavy atom. The van der Waals surface area contributed by atoms with E-state index in [1.54, 1.807) is 0 Å². The molecule has 12 nitrogen and oxygen atoms in total. The number of benzene rings is 1. The molecule has 2 aliphatic heterocycles. The zero-order valence-electron chi connectivity index (χ0n) is 20.0. The molecule has 1 aromatic carbocycles. The predicted molar refractivity (Wildman–Crippen MR) is 125 cm³/mol. The van der Waals surface area contributed by atoms with E-state index in [4.69, 9.17) is 15.2 Å². The van der Waals surface area contributed by atoms with E-state index in [1.807, 2.05) is 0 Å². The average molecular weight is 503 g/mol. The van der Waals surface area contributed by atoms with Crippen LogP contribution in [0.15, 0.2) is 18.2 Å². The van der Waals surface area contributed by atoms with Crippen LogP contribution in [0.2, 0.25) is 0 Å². The summed E-state index contributed by atoms with van der Waals surface area (Å²) in [5, 5.41) is 4.87. The fourth-order valence-electron chi connectivity index (χ4n) is 4.21. The minimum atomic E-state index is -1.11. The lowest BCUT2D eigenvalue weighted by Crippen LogP contribution is -2.54. The first-order chi connectivity index (χ1) is 17.2. The normalized spacial score (nSPS) is 17.9. The second kappa shape index (κ2) is 12.1. The number of nitrogens with two attached hydrogens (primary N) is 1. The molecule has 2 heterocycles. The lowest BCUT2D eigenvalue weighted by Gasteiger charge is -2.27. The number of carbonyl (C=O) groups excluding carboxylic acids is 6. The fraction of sp³-hybridized carbons (Fsp3) is 0.500. The number of carbonyl (C=O) groups is 6. The Balaban J connectivity index is 1.65. The van der Waals surface area contributed by atoms with Gasteiger partial charge in [0.25, 0.3) is 17.7 Å². The molecule has 0 spiro atoms. The van der Waals surface area contributed by atoms with Crippen molar-refractivity contribution in [3.63, 3.8) is 0 Å². The molecule has 4 N–H and O–H groups in total. The van der Waals surface area contributed by atoms with Crippen LogP contribution in [0.4, 0.5) is 4.79 Å². The van der Waals surface area contributed by atoms with Gasteiger partial charge < -0.3 is 20.5 Å². The van der Waals surface area contributed by atoms with Gasteiger partial charge in [0.2, 0.25) is 11.8 Å². The standard InChI is InChI=1S/C24H30N4O8/c1-2-3-4-5-7-14(12-36-24(25)34)26-19(30)13-35-17-9-6-8-15-20(17)23(33)28(22(15)32)16-10-11-18(29)27-21(16)31/h6,8-9,14,16H,2-5,7,10-13H2,1H3,(H2,25,34)(H,26,30)(H,27,29,31). The summed E-state index contributed by atoms with van der Waals surface area (Å²) in [6.45, 7) is 1.54. The van der Waals surface area contributed by atoms with Crippen molar-refractivity contribution >= 4 is 35.6 Å². The second-order valence-corrected chi connectivity index (χ2v) is 8.66. The van der Waals surface area contributed by atoms with Crippen molar-refractivity contribution in [1.82, 2.24) is 15.5 Å². The third kappa shape index (κ3) is 6.37. The Morgan fingerprint density at radius 3 is 2.64 bits per heavy atom. The van der Waals surface area contributed by atoms with E-state index in [1.165, 1.54) is 18.2 Å². The van der Waals surface area contributed by atoms with Crippen LogP contribution in [-0.4, -0.2) is 65.8 Å². The van der Waals surface area contributed by atoms with Gasteiger partial charge in [-0.25, -0.2) is 4.79 Å². The first-order valence-corrected chi connectivity index (χ1v) is 11.9. The number of amides is 6. The number of hydrogen-bond acceptors (Lipinski definition) is 8. The number of hydrogen-bond donors (Lipinski definition) is 3. The van der Waals surface area contributed by atoms with Gasteiger partial charge in [-0.2, -0.15) is 0 Å². The molecule has 194 valence electrons. The highest BCUT2D eigenvalue weighted by Gasteiger charge is 2.46. The number of ether oxygens (including phenoxy) is 2. The highest BCUT2D eigenvalue weighted by atomic mass is 16.5. The minimum absolute atomic E-state index is 0.00637. The zero-order valence-corrected chi connectivity index (χ0v) is 20.0. The third-order valence-electron chi connectivity index (χ3n) is 5.99. The van der Waals surface area contributed by atoms with E-state index < -0.39 is 54.3 Å². The number of nitrogens with zero attached hydrogens (tertiary/aromatic N) is 1. The predicted octanol–water partition coefficient (Wildman–Crippen LogP) is 1.02. The van der Waals surface area contributed by atoms with E-state index in [9.17, 15) is 28.8 Å². The summed E-state index contributed by atoms with van der Waals surface area (Å²) in [6.07, 6.45) is 3.55. The molecular weight excluding hydrogens is 472 g/mol. The smallest absolute Gasteiger partial charge is 0.404 e. The van der Waals surface area contributed by atoms with Gasteiger partial charge in [0, 0.05) is 6.42 Å². The molecule has 0 aromatic heterocycles. The number of imide groups is 2. The lowest BCUT2D eigenvalue weighted by atomic mass is 10.0. The topological polar surface area (TPSA) is 174 Å². The number of fused-ring (bicyclic) bond motifs is 1. The van der Waals surface area contributed by atoms with Crippen LogP contribution in [0.25, 0.3) is 0 Å². The largest absolute Gasteiger partial charge is 0.483 e. The summed E-state index contributed by atoms with van der Waals surface area (Å²) >= 11 is 0. The van der Waals surface area contributed by atoms with E-state index in [2.05, 4.69) is 17.6 Å². The molecule has 2 atom stereocenters. The van der Waals surface area contributed by atoms with Crippen molar-refractivity contribution in [2.24, 2.45) is 5.73 Å². The fourth-order valence-corrected chi connectivity index (χ4v) is 4.21. The SMILES string of the molecule is CCCCCCC(COC(N)=O)NC(=O)COc1cccc2c1C(=O)N(C1CCC(=O)NC1=O)C2=O. The maximum Gasteiger partial charge on any atom is 0.404 e. The van der Waals surface area contributed by atoms with Gasteiger partial charge in [-0.1, -0.05) is 38.7 Å². The van der Waals surface area contributed by atoms with Crippen LogP contribution in [0.5, 0.6) is 5.75 Å². The summed E-state index contributed by atoms with van der Waals surface area (Å²) < 4.78 is 10.4. The molecule has 0 saturated carbocycles. The Kier molecular flexibility index (Phi) is 8.98. The first-order valence-electron chi connectivity index (χ1n) is 11.9. The van der Waals surface area contributed by atoms with Gasteiger partial charge in [-0.15, -0.1) is 0 Å². The third-order valence-corrected chi connectivity index (χ3v) is 5.99. The van der Waals surface area contributed by atoms with Crippen LogP contribution in [0, 0.1) is 0 Å². The van der Waals surface area contributed by atoms with Crippen LogP contribution in [-0.2, 0) is 19.1 Å². The molecule has 36 heavy (non-hydrogen) atoms. The van der Waals surface area contributed by atoms with Crippen molar-refractivity contribution in [3.8, 4) is 5.75 Å². The molecule has 6 amide bonds.